The third kappa shape index (κ3) is 5.53. The van der Waals surface area contributed by atoms with E-state index in [1.54, 1.807) is 6.07 Å². The third-order valence-electron chi connectivity index (χ3n) is 2.34. The first kappa shape index (κ1) is 16.0. The molecule has 0 saturated heterocycles. The second kappa shape index (κ2) is 8.14. The Morgan fingerprint density at radius 2 is 2.05 bits per heavy atom. The van der Waals surface area contributed by atoms with E-state index in [2.05, 4.69) is 20.5 Å². The van der Waals surface area contributed by atoms with Gasteiger partial charge in [-0.3, -0.25) is 4.79 Å². The molecule has 6 nitrogen and oxygen atoms in total. The lowest BCUT2D eigenvalue weighted by molar-refractivity contribution is -0.118. The Balaban J connectivity index is 1.91. The average molecular weight is 316 g/mol. The summed E-state index contributed by atoms with van der Waals surface area (Å²) < 4.78 is 5.62. The van der Waals surface area contributed by atoms with Crippen LogP contribution >= 0.6 is 11.8 Å². The fourth-order valence-electron chi connectivity index (χ4n) is 1.41. The molecular formula is C15H16N4O2S. The molecule has 1 aromatic carbocycles. The number of para-hydroxylation sites is 1. The first-order valence-corrected chi connectivity index (χ1v) is 7.59. The number of ether oxygens (including phenoxy) is 1. The maximum absolute atomic E-state index is 11.6. The molecule has 0 aliphatic heterocycles. The van der Waals surface area contributed by atoms with Crippen LogP contribution < -0.4 is 10.2 Å². The minimum Gasteiger partial charge on any atom is -0.439 e. The van der Waals surface area contributed by atoms with Gasteiger partial charge in [-0.05, 0) is 26.0 Å². The van der Waals surface area contributed by atoms with Crippen LogP contribution in [0.1, 0.15) is 13.8 Å². The zero-order valence-corrected chi connectivity index (χ0v) is 13.1. The number of amides is 1. The minimum atomic E-state index is -0.185. The molecular weight excluding hydrogens is 300 g/mol. The van der Waals surface area contributed by atoms with Crippen LogP contribution in [0.5, 0.6) is 11.6 Å². The first-order valence-electron chi connectivity index (χ1n) is 6.61. The lowest BCUT2D eigenvalue weighted by Crippen LogP contribution is -2.20. The summed E-state index contributed by atoms with van der Waals surface area (Å²) in [5.41, 5.74) is 3.25. The molecule has 1 heterocycles. The number of hydrazone groups is 1. The molecule has 114 valence electrons. The van der Waals surface area contributed by atoms with Crippen molar-refractivity contribution in [1.82, 2.24) is 15.4 Å². The molecule has 0 aliphatic rings. The van der Waals surface area contributed by atoms with Gasteiger partial charge in [0.2, 0.25) is 11.8 Å². The van der Waals surface area contributed by atoms with Crippen molar-refractivity contribution in [2.75, 3.05) is 5.75 Å². The van der Waals surface area contributed by atoms with Crippen molar-refractivity contribution >= 4 is 23.4 Å². The summed E-state index contributed by atoms with van der Waals surface area (Å²) in [5.74, 6) is 1.17. The molecule has 0 bridgehead atoms. The number of aromatic nitrogens is 2. The van der Waals surface area contributed by atoms with E-state index in [9.17, 15) is 4.79 Å². The van der Waals surface area contributed by atoms with Crippen LogP contribution in [-0.2, 0) is 4.79 Å². The molecule has 0 atom stereocenters. The number of carbonyl (C=O) groups is 1. The summed E-state index contributed by atoms with van der Waals surface area (Å²) in [4.78, 5) is 19.7. The van der Waals surface area contributed by atoms with E-state index in [1.165, 1.54) is 18.1 Å². The Hall–Kier alpha value is -2.41. The Bertz CT molecular complexity index is 658. The van der Waals surface area contributed by atoms with E-state index >= 15 is 0 Å². The number of benzene rings is 1. The van der Waals surface area contributed by atoms with Gasteiger partial charge < -0.3 is 4.74 Å². The van der Waals surface area contributed by atoms with Crippen LogP contribution in [0.4, 0.5) is 0 Å². The quantitative estimate of drug-likeness (QED) is 0.384. The predicted octanol–water partition coefficient (Wildman–Crippen LogP) is 2.87. The van der Waals surface area contributed by atoms with Crippen molar-refractivity contribution in [2.24, 2.45) is 5.10 Å². The van der Waals surface area contributed by atoms with E-state index in [0.717, 1.165) is 5.71 Å². The topological polar surface area (TPSA) is 76.5 Å². The van der Waals surface area contributed by atoms with E-state index < -0.39 is 0 Å². The van der Waals surface area contributed by atoms with Gasteiger partial charge in [0.15, 0.2) is 0 Å². The summed E-state index contributed by atoms with van der Waals surface area (Å²) in [6.07, 6.45) is 1.41. The van der Waals surface area contributed by atoms with Crippen molar-refractivity contribution in [2.45, 2.75) is 18.9 Å². The largest absolute Gasteiger partial charge is 0.439 e. The Morgan fingerprint density at radius 1 is 1.27 bits per heavy atom. The molecule has 0 saturated carbocycles. The summed E-state index contributed by atoms with van der Waals surface area (Å²) in [7, 11) is 0. The standard InChI is InChI=1S/C15H16N4O2S/c1-11(2)18-19-13(20)9-22-15-8-14(16-10-17-15)21-12-6-4-3-5-7-12/h3-8,10H,9H2,1-2H3,(H,19,20). The van der Waals surface area contributed by atoms with Gasteiger partial charge >= 0.3 is 0 Å². The normalized spacial score (nSPS) is 9.91. The summed E-state index contributed by atoms with van der Waals surface area (Å²) in [6.45, 7) is 3.62. The van der Waals surface area contributed by atoms with Crippen LogP contribution in [0.25, 0.3) is 0 Å². The molecule has 7 heteroatoms. The number of hydrogen-bond acceptors (Lipinski definition) is 6. The van der Waals surface area contributed by atoms with Crippen LogP contribution in [0, 0.1) is 0 Å². The lowest BCUT2D eigenvalue weighted by Gasteiger charge is -2.05. The molecule has 22 heavy (non-hydrogen) atoms. The highest BCUT2D eigenvalue weighted by Gasteiger charge is 2.05. The SMILES string of the molecule is CC(C)=NNC(=O)CSc1cc(Oc2ccccc2)ncn1. The number of rotatable bonds is 6. The second-order valence-corrected chi connectivity index (χ2v) is 5.49. The third-order valence-corrected chi connectivity index (χ3v) is 3.26. The molecule has 1 amide bonds. The van der Waals surface area contributed by atoms with Gasteiger partial charge in [0, 0.05) is 11.8 Å². The van der Waals surface area contributed by atoms with Crippen LogP contribution in [-0.4, -0.2) is 27.3 Å². The monoisotopic (exact) mass is 316 g/mol. The van der Waals surface area contributed by atoms with Crippen molar-refractivity contribution in [3.63, 3.8) is 0 Å². The molecule has 0 unspecified atom stereocenters. The second-order valence-electron chi connectivity index (χ2n) is 4.49. The fourth-order valence-corrected chi connectivity index (χ4v) is 2.06. The van der Waals surface area contributed by atoms with Crippen molar-refractivity contribution in [3.05, 3.63) is 42.7 Å². The fraction of sp³-hybridized carbons (Fsp3) is 0.200. The summed E-state index contributed by atoms with van der Waals surface area (Å²) in [5, 5.41) is 4.52. The summed E-state index contributed by atoms with van der Waals surface area (Å²) >= 11 is 1.29. The number of nitrogens with one attached hydrogen (secondary N) is 1. The van der Waals surface area contributed by atoms with Crippen LogP contribution in [0.15, 0.2) is 52.9 Å². The molecule has 0 radical (unpaired) electrons. The highest BCUT2D eigenvalue weighted by Crippen LogP contribution is 2.22. The molecule has 0 fully saturated rings. The molecule has 1 aromatic heterocycles. The first-order chi connectivity index (χ1) is 10.6. The predicted molar refractivity (Wildman–Crippen MR) is 86.2 cm³/mol. The molecule has 2 aromatic rings. The minimum absolute atomic E-state index is 0.185. The zero-order valence-electron chi connectivity index (χ0n) is 12.3. The number of nitrogens with zero attached hydrogens (tertiary/aromatic N) is 3. The van der Waals surface area contributed by atoms with Crippen molar-refractivity contribution in [1.29, 1.82) is 0 Å². The maximum atomic E-state index is 11.6. The Labute approximate surface area is 133 Å². The van der Waals surface area contributed by atoms with Gasteiger partial charge in [-0.15, -0.1) is 0 Å². The lowest BCUT2D eigenvalue weighted by atomic mass is 10.3. The van der Waals surface area contributed by atoms with Gasteiger partial charge in [0.25, 0.3) is 0 Å². The Kier molecular flexibility index (Phi) is 5.91. The van der Waals surface area contributed by atoms with Gasteiger partial charge in [-0.2, -0.15) is 5.10 Å². The molecule has 2 rings (SSSR count). The maximum Gasteiger partial charge on any atom is 0.250 e. The van der Waals surface area contributed by atoms with Gasteiger partial charge in [0.05, 0.1) is 5.75 Å². The summed E-state index contributed by atoms with van der Waals surface area (Å²) in [6, 6.07) is 11.0. The molecule has 1 N–H and O–H groups in total. The highest BCUT2D eigenvalue weighted by atomic mass is 32.2. The average Bonchev–Trinajstić information content (AvgIpc) is 2.52. The highest BCUT2D eigenvalue weighted by molar-refractivity contribution is 7.99. The zero-order chi connectivity index (χ0) is 15.8. The van der Waals surface area contributed by atoms with Crippen molar-refractivity contribution in [3.8, 4) is 11.6 Å². The smallest absolute Gasteiger partial charge is 0.250 e. The van der Waals surface area contributed by atoms with Crippen LogP contribution in [0.2, 0.25) is 0 Å². The van der Waals surface area contributed by atoms with E-state index in [0.29, 0.717) is 16.7 Å². The molecule has 0 aliphatic carbocycles. The van der Waals surface area contributed by atoms with Gasteiger partial charge in [0.1, 0.15) is 17.1 Å². The van der Waals surface area contributed by atoms with Crippen molar-refractivity contribution < 1.29 is 9.53 Å². The number of thioether (sulfide) groups is 1. The van der Waals surface area contributed by atoms with E-state index in [1.807, 2.05) is 44.2 Å². The Morgan fingerprint density at radius 3 is 2.77 bits per heavy atom. The van der Waals surface area contributed by atoms with E-state index in [-0.39, 0.29) is 11.7 Å². The number of carbonyl (C=O) groups excluding carboxylic acids is 1. The van der Waals surface area contributed by atoms with Gasteiger partial charge in [-0.1, -0.05) is 30.0 Å². The van der Waals surface area contributed by atoms with Gasteiger partial charge in [-0.25, -0.2) is 15.4 Å². The molecule has 0 spiro atoms. The number of hydrogen-bond donors (Lipinski definition) is 1. The van der Waals surface area contributed by atoms with Crippen LogP contribution in [0.3, 0.4) is 0 Å². The van der Waals surface area contributed by atoms with E-state index in [4.69, 9.17) is 4.74 Å².